The van der Waals surface area contributed by atoms with Crippen molar-refractivity contribution in [2.24, 2.45) is 0 Å². The summed E-state index contributed by atoms with van der Waals surface area (Å²) in [6, 6.07) is 15.4. The molecular formula is C29H25BrCl2FN3O3. The minimum absolute atomic E-state index is 0.146. The highest BCUT2D eigenvalue weighted by atomic mass is 79.9. The summed E-state index contributed by atoms with van der Waals surface area (Å²) in [6.07, 6.45) is 3.14. The number of anilines is 1. The number of ether oxygens (including phenoxy) is 2. The molecule has 4 aromatic rings. The Balaban J connectivity index is 1.46. The molecular weight excluding hydrogens is 608 g/mol. The van der Waals surface area contributed by atoms with E-state index in [1.807, 2.05) is 25.1 Å². The zero-order valence-corrected chi connectivity index (χ0v) is 24.5. The summed E-state index contributed by atoms with van der Waals surface area (Å²) in [4.78, 5) is 12.8. The molecule has 0 spiro atoms. The van der Waals surface area contributed by atoms with Gasteiger partial charge in [-0.3, -0.25) is 9.48 Å². The van der Waals surface area contributed by atoms with Gasteiger partial charge in [0.2, 0.25) is 5.91 Å². The van der Waals surface area contributed by atoms with Crippen molar-refractivity contribution < 1.29 is 18.7 Å². The monoisotopic (exact) mass is 631 g/mol. The molecule has 0 atom stereocenters. The molecule has 0 fully saturated rings. The van der Waals surface area contributed by atoms with E-state index in [0.717, 1.165) is 15.6 Å². The SMILES string of the molecule is COc1ccc(C=CC(=O)Nc2c(C)nn(Cc3c(F)cccc3Cl)c2C)cc1COc1ccc(Cl)cc1Br. The fraction of sp³-hybridized carbons (Fsp3) is 0.172. The van der Waals surface area contributed by atoms with Crippen LogP contribution in [0.15, 0.2) is 65.1 Å². The van der Waals surface area contributed by atoms with Crippen LogP contribution < -0.4 is 14.8 Å². The van der Waals surface area contributed by atoms with Gasteiger partial charge in [-0.1, -0.05) is 35.3 Å². The van der Waals surface area contributed by atoms with Gasteiger partial charge < -0.3 is 14.8 Å². The summed E-state index contributed by atoms with van der Waals surface area (Å²) in [5.41, 5.74) is 3.80. The Labute approximate surface area is 244 Å². The molecule has 1 aromatic heterocycles. The topological polar surface area (TPSA) is 65.4 Å². The van der Waals surface area contributed by atoms with Gasteiger partial charge in [0.05, 0.1) is 35.2 Å². The number of rotatable bonds is 9. The van der Waals surface area contributed by atoms with E-state index >= 15 is 0 Å². The molecule has 1 N–H and O–H groups in total. The van der Waals surface area contributed by atoms with Gasteiger partial charge in [-0.2, -0.15) is 5.10 Å². The summed E-state index contributed by atoms with van der Waals surface area (Å²) in [6.45, 7) is 3.98. The molecule has 0 radical (unpaired) electrons. The molecule has 202 valence electrons. The van der Waals surface area contributed by atoms with Crippen LogP contribution in [0.25, 0.3) is 6.08 Å². The molecule has 6 nitrogen and oxygen atoms in total. The van der Waals surface area contributed by atoms with Crippen LogP contribution in [0.3, 0.4) is 0 Å². The summed E-state index contributed by atoms with van der Waals surface area (Å²) in [5, 5.41) is 8.26. The van der Waals surface area contributed by atoms with Gasteiger partial charge in [-0.25, -0.2) is 4.39 Å². The van der Waals surface area contributed by atoms with Crippen LogP contribution in [0.2, 0.25) is 10.0 Å². The third-order valence-corrected chi connectivity index (χ3v) is 7.22. The lowest BCUT2D eigenvalue weighted by atomic mass is 10.1. The largest absolute Gasteiger partial charge is 0.496 e. The number of aromatic nitrogens is 2. The van der Waals surface area contributed by atoms with Crippen molar-refractivity contribution in [1.82, 2.24) is 9.78 Å². The maximum Gasteiger partial charge on any atom is 0.248 e. The number of benzene rings is 3. The molecule has 3 aromatic carbocycles. The Bertz CT molecular complexity index is 1540. The maximum atomic E-state index is 14.3. The van der Waals surface area contributed by atoms with Gasteiger partial charge in [-0.05, 0) is 83.9 Å². The zero-order valence-electron chi connectivity index (χ0n) is 21.4. The highest BCUT2D eigenvalue weighted by Gasteiger charge is 2.16. The number of amides is 1. The second-order valence-electron chi connectivity index (χ2n) is 8.66. The molecule has 0 saturated carbocycles. The van der Waals surface area contributed by atoms with Crippen LogP contribution in [0, 0.1) is 19.7 Å². The van der Waals surface area contributed by atoms with Crippen LogP contribution in [-0.4, -0.2) is 22.8 Å². The Morgan fingerprint density at radius 2 is 1.90 bits per heavy atom. The molecule has 1 amide bonds. The molecule has 0 aliphatic carbocycles. The van der Waals surface area contributed by atoms with E-state index in [1.54, 1.807) is 55.1 Å². The lowest BCUT2D eigenvalue weighted by Crippen LogP contribution is -2.10. The van der Waals surface area contributed by atoms with Gasteiger partial charge in [0.1, 0.15) is 23.9 Å². The van der Waals surface area contributed by atoms with Crippen LogP contribution in [0.4, 0.5) is 10.1 Å². The summed E-state index contributed by atoms with van der Waals surface area (Å²) in [7, 11) is 1.59. The van der Waals surface area contributed by atoms with Crippen molar-refractivity contribution in [1.29, 1.82) is 0 Å². The van der Waals surface area contributed by atoms with E-state index in [1.165, 1.54) is 12.1 Å². The summed E-state index contributed by atoms with van der Waals surface area (Å²) >= 11 is 15.6. The first kappa shape index (κ1) is 28.7. The Hall–Kier alpha value is -3.33. The number of halogens is 4. The molecule has 0 unspecified atom stereocenters. The molecule has 0 saturated heterocycles. The molecule has 39 heavy (non-hydrogen) atoms. The predicted octanol–water partition coefficient (Wildman–Crippen LogP) is 8.00. The van der Waals surface area contributed by atoms with Crippen molar-refractivity contribution in [3.63, 3.8) is 0 Å². The third kappa shape index (κ3) is 7.01. The van der Waals surface area contributed by atoms with E-state index in [2.05, 4.69) is 26.3 Å². The molecule has 4 rings (SSSR count). The van der Waals surface area contributed by atoms with Gasteiger partial charge in [0, 0.05) is 27.2 Å². The number of hydrogen-bond donors (Lipinski definition) is 1. The third-order valence-electron chi connectivity index (χ3n) is 6.01. The Kier molecular flexibility index (Phi) is 9.32. The number of aryl methyl sites for hydroxylation is 1. The smallest absolute Gasteiger partial charge is 0.248 e. The van der Waals surface area contributed by atoms with Crippen molar-refractivity contribution >= 4 is 56.8 Å². The number of nitrogens with zero attached hydrogens (tertiary/aromatic N) is 2. The van der Waals surface area contributed by atoms with Gasteiger partial charge in [0.15, 0.2) is 0 Å². The maximum absolute atomic E-state index is 14.3. The van der Waals surface area contributed by atoms with E-state index in [4.69, 9.17) is 32.7 Å². The van der Waals surface area contributed by atoms with Crippen molar-refractivity contribution in [2.45, 2.75) is 27.0 Å². The molecule has 0 bridgehead atoms. The number of hydrogen-bond acceptors (Lipinski definition) is 4. The number of methoxy groups -OCH3 is 1. The molecule has 0 aliphatic heterocycles. The summed E-state index contributed by atoms with van der Waals surface area (Å²) < 4.78 is 28.0. The second kappa shape index (κ2) is 12.7. The zero-order chi connectivity index (χ0) is 28.1. The first-order valence-corrected chi connectivity index (χ1v) is 13.4. The normalized spacial score (nSPS) is 11.2. The van der Waals surface area contributed by atoms with Crippen LogP contribution in [0.5, 0.6) is 11.5 Å². The van der Waals surface area contributed by atoms with Crippen LogP contribution in [0.1, 0.15) is 28.1 Å². The van der Waals surface area contributed by atoms with Gasteiger partial charge in [0.25, 0.3) is 0 Å². The quantitative estimate of drug-likeness (QED) is 0.190. The van der Waals surface area contributed by atoms with Crippen molar-refractivity contribution in [3.8, 4) is 11.5 Å². The van der Waals surface area contributed by atoms with Crippen LogP contribution >= 0.6 is 39.1 Å². The Morgan fingerprint density at radius 1 is 1.13 bits per heavy atom. The molecule has 1 heterocycles. The minimum Gasteiger partial charge on any atom is -0.496 e. The van der Waals surface area contributed by atoms with Crippen molar-refractivity contribution in [2.75, 3.05) is 12.4 Å². The highest BCUT2D eigenvalue weighted by Crippen LogP contribution is 2.30. The first-order valence-electron chi connectivity index (χ1n) is 11.9. The van der Waals surface area contributed by atoms with E-state index in [-0.39, 0.29) is 19.1 Å². The highest BCUT2D eigenvalue weighted by molar-refractivity contribution is 9.10. The van der Waals surface area contributed by atoms with Gasteiger partial charge >= 0.3 is 0 Å². The van der Waals surface area contributed by atoms with E-state index in [0.29, 0.717) is 44.2 Å². The lowest BCUT2D eigenvalue weighted by Gasteiger charge is -2.12. The second-order valence-corrected chi connectivity index (χ2v) is 10.4. The van der Waals surface area contributed by atoms with E-state index in [9.17, 15) is 9.18 Å². The fourth-order valence-electron chi connectivity index (χ4n) is 3.96. The number of nitrogens with one attached hydrogen (secondary N) is 1. The average Bonchev–Trinajstić information content (AvgIpc) is 3.16. The molecule has 0 aliphatic rings. The van der Waals surface area contributed by atoms with E-state index < -0.39 is 5.82 Å². The number of carbonyl (C=O) groups excluding carboxylic acids is 1. The molecule has 10 heteroatoms. The average molecular weight is 633 g/mol. The minimum atomic E-state index is -0.409. The van der Waals surface area contributed by atoms with Gasteiger partial charge in [-0.15, -0.1) is 0 Å². The standard InChI is InChI=1S/C29H25BrCl2FN3O3/c1-17-29(18(2)36(35-17)15-22-24(32)5-4-6-25(22)33)34-28(37)12-8-19-7-10-26(38-3)20(13-19)16-39-27-11-9-21(31)14-23(27)30/h4-14H,15-16H2,1-3H3,(H,34,37). The summed E-state index contributed by atoms with van der Waals surface area (Å²) in [5.74, 6) is 0.567. The first-order chi connectivity index (χ1) is 18.7. The van der Waals surface area contributed by atoms with Crippen molar-refractivity contribution in [3.05, 3.63) is 109 Å². The fourth-order valence-corrected chi connectivity index (χ4v) is 4.98. The predicted molar refractivity (Wildman–Crippen MR) is 156 cm³/mol. The lowest BCUT2D eigenvalue weighted by molar-refractivity contribution is -0.111. The Morgan fingerprint density at radius 3 is 2.62 bits per heavy atom. The van der Waals surface area contributed by atoms with Crippen LogP contribution in [-0.2, 0) is 17.9 Å². The number of carbonyl (C=O) groups is 1.